The Labute approximate surface area is 114 Å². The Morgan fingerprint density at radius 2 is 1.95 bits per heavy atom. The van der Waals surface area contributed by atoms with E-state index in [-0.39, 0.29) is 5.97 Å². The molecule has 2 fully saturated rings. The minimum Gasteiger partial charge on any atom is -0.466 e. The molecule has 3 atom stereocenters. The summed E-state index contributed by atoms with van der Waals surface area (Å²) in [6.07, 6.45) is 0.627. The van der Waals surface area contributed by atoms with E-state index in [9.17, 15) is 4.79 Å². The first-order valence-electron chi connectivity index (χ1n) is 7.20. The second kappa shape index (κ2) is 5.33. The second-order valence-corrected chi connectivity index (χ2v) is 5.68. The van der Waals surface area contributed by atoms with Crippen LogP contribution in [-0.2, 0) is 16.1 Å². The standard InChI is InChI=1S/C16H21NO2/c1-2-19-16(18)8-13-14-10-17(11-15(13)14)9-12-6-4-3-5-7-12/h3-7,13-15H,2,8-11H2,1H3/t13-,14+,15-. The molecular weight excluding hydrogens is 238 g/mol. The van der Waals surface area contributed by atoms with Crippen molar-refractivity contribution < 1.29 is 9.53 Å². The Hall–Kier alpha value is -1.35. The number of nitrogens with zero attached hydrogens (tertiary/aromatic N) is 1. The number of hydrogen-bond donors (Lipinski definition) is 0. The number of rotatable bonds is 5. The van der Waals surface area contributed by atoms with E-state index in [1.165, 1.54) is 5.56 Å². The summed E-state index contributed by atoms with van der Waals surface area (Å²) in [6, 6.07) is 10.6. The highest BCUT2D eigenvalue weighted by molar-refractivity contribution is 5.70. The van der Waals surface area contributed by atoms with Crippen molar-refractivity contribution in [2.24, 2.45) is 17.8 Å². The molecule has 0 unspecified atom stereocenters. The molecule has 3 nitrogen and oxygen atoms in total. The van der Waals surface area contributed by atoms with Crippen molar-refractivity contribution in [3.8, 4) is 0 Å². The van der Waals surface area contributed by atoms with Crippen LogP contribution >= 0.6 is 0 Å². The lowest BCUT2D eigenvalue weighted by atomic mass is 10.1. The number of esters is 1. The lowest BCUT2D eigenvalue weighted by molar-refractivity contribution is -0.143. The van der Waals surface area contributed by atoms with Gasteiger partial charge in [0.05, 0.1) is 6.61 Å². The first-order chi connectivity index (χ1) is 9.28. The Balaban J connectivity index is 1.44. The molecule has 1 heterocycles. The van der Waals surface area contributed by atoms with E-state index in [1.807, 2.05) is 6.92 Å². The highest BCUT2D eigenvalue weighted by Gasteiger charge is 2.55. The number of piperidine rings is 1. The topological polar surface area (TPSA) is 29.5 Å². The second-order valence-electron chi connectivity index (χ2n) is 5.68. The third kappa shape index (κ3) is 2.81. The zero-order valence-corrected chi connectivity index (χ0v) is 11.4. The van der Waals surface area contributed by atoms with E-state index < -0.39 is 0 Å². The maximum atomic E-state index is 11.5. The molecule has 102 valence electrons. The molecule has 0 spiro atoms. The van der Waals surface area contributed by atoms with Gasteiger partial charge in [-0.25, -0.2) is 0 Å². The highest BCUT2D eigenvalue weighted by atomic mass is 16.5. The molecule has 1 aromatic rings. The average molecular weight is 259 g/mol. The molecule has 2 aliphatic rings. The Morgan fingerprint density at radius 1 is 1.26 bits per heavy atom. The quantitative estimate of drug-likeness (QED) is 0.760. The van der Waals surface area contributed by atoms with Crippen LogP contribution in [-0.4, -0.2) is 30.6 Å². The van der Waals surface area contributed by atoms with Gasteiger partial charge in [0, 0.05) is 26.1 Å². The van der Waals surface area contributed by atoms with Crippen molar-refractivity contribution in [1.82, 2.24) is 4.90 Å². The number of ether oxygens (including phenoxy) is 1. The number of carbonyl (C=O) groups is 1. The first-order valence-corrected chi connectivity index (χ1v) is 7.20. The lowest BCUT2D eigenvalue weighted by Gasteiger charge is -2.19. The fraction of sp³-hybridized carbons (Fsp3) is 0.562. The number of carbonyl (C=O) groups excluding carboxylic acids is 1. The number of hydrogen-bond acceptors (Lipinski definition) is 3. The molecule has 0 aromatic heterocycles. The van der Waals surface area contributed by atoms with Crippen molar-refractivity contribution in [3.63, 3.8) is 0 Å². The van der Waals surface area contributed by atoms with Gasteiger partial charge in [-0.1, -0.05) is 30.3 Å². The third-order valence-electron chi connectivity index (χ3n) is 4.40. The van der Waals surface area contributed by atoms with Crippen molar-refractivity contribution >= 4 is 5.97 Å². The van der Waals surface area contributed by atoms with Gasteiger partial charge in [-0.2, -0.15) is 0 Å². The predicted octanol–water partition coefficient (Wildman–Crippen LogP) is 2.32. The van der Waals surface area contributed by atoms with E-state index in [1.54, 1.807) is 0 Å². The molecule has 1 aliphatic carbocycles. The summed E-state index contributed by atoms with van der Waals surface area (Å²) in [5, 5.41) is 0. The largest absolute Gasteiger partial charge is 0.466 e. The zero-order valence-electron chi connectivity index (χ0n) is 11.4. The number of likely N-dealkylation sites (tertiary alicyclic amines) is 1. The summed E-state index contributed by atoms with van der Waals surface area (Å²) >= 11 is 0. The summed E-state index contributed by atoms with van der Waals surface area (Å²) in [5.41, 5.74) is 1.38. The van der Waals surface area contributed by atoms with Crippen LogP contribution in [0.1, 0.15) is 18.9 Å². The van der Waals surface area contributed by atoms with Crippen LogP contribution < -0.4 is 0 Å². The molecule has 1 aliphatic heterocycles. The van der Waals surface area contributed by atoms with E-state index >= 15 is 0 Å². The minimum atomic E-state index is -0.0171. The Bertz CT molecular complexity index is 433. The maximum absolute atomic E-state index is 11.5. The molecule has 0 bridgehead atoms. The van der Waals surface area contributed by atoms with E-state index in [0.29, 0.717) is 18.9 Å². The third-order valence-corrected chi connectivity index (χ3v) is 4.40. The highest BCUT2D eigenvalue weighted by Crippen LogP contribution is 2.53. The number of benzene rings is 1. The fourth-order valence-corrected chi connectivity index (χ4v) is 3.42. The molecule has 1 saturated heterocycles. The molecule has 0 N–H and O–H groups in total. The molecule has 19 heavy (non-hydrogen) atoms. The monoisotopic (exact) mass is 259 g/mol. The molecule has 3 rings (SSSR count). The van der Waals surface area contributed by atoms with E-state index in [4.69, 9.17) is 4.74 Å². The minimum absolute atomic E-state index is 0.0171. The van der Waals surface area contributed by atoms with Gasteiger partial charge in [-0.05, 0) is 30.2 Å². The summed E-state index contributed by atoms with van der Waals surface area (Å²) in [5.74, 6) is 2.03. The van der Waals surface area contributed by atoms with Gasteiger partial charge in [0.2, 0.25) is 0 Å². The van der Waals surface area contributed by atoms with Crippen molar-refractivity contribution in [3.05, 3.63) is 35.9 Å². The van der Waals surface area contributed by atoms with Crippen molar-refractivity contribution in [2.75, 3.05) is 19.7 Å². The summed E-state index contributed by atoms with van der Waals surface area (Å²) in [4.78, 5) is 14.0. The average Bonchev–Trinajstić information content (AvgIpc) is 2.86. The van der Waals surface area contributed by atoms with Gasteiger partial charge in [0.1, 0.15) is 0 Å². The summed E-state index contributed by atoms with van der Waals surface area (Å²) < 4.78 is 5.03. The van der Waals surface area contributed by atoms with Gasteiger partial charge in [0.15, 0.2) is 0 Å². The van der Waals surface area contributed by atoms with Crippen LogP contribution in [0.4, 0.5) is 0 Å². The van der Waals surface area contributed by atoms with Crippen molar-refractivity contribution in [2.45, 2.75) is 19.9 Å². The Kier molecular flexibility index (Phi) is 3.56. The zero-order chi connectivity index (χ0) is 13.2. The van der Waals surface area contributed by atoms with Gasteiger partial charge < -0.3 is 4.74 Å². The van der Waals surface area contributed by atoms with Gasteiger partial charge in [0.25, 0.3) is 0 Å². The normalized spacial score (nSPS) is 29.0. The SMILES string of the molecule is CCOC(=O)C[C@H]1[C@H]2CN(Cc3ccccc3)C[C@@H]12. The van der Waals surface area contributed by atoms with Crippen LogP contribution in [0.5, 0.6) is 0 Å². The van der Waals surface area contributed by atoms with E-state index in [2.05, 4.69) is 35.2 Å². The van der Waals surface area contributed by atoms with Crippen molar-refractivity contribution in [1.29, 1.82) is 0 Å². The molecular formula is C16H21NO2. The summed E-state index contributed by atoms with van der Waals surface area (Å²) in [7, 11) is 0. The lowest BCUT2D eigenvalue weighted by Crippen LogP contribution is -2.24. The Morgan fingerprint density at radius 3 is 2.58 bits per heavy atom. The van der Waals surface area contributed by atoms with Crippen LogP contribution in [0.15, 0.2) is 30.3 Å². The van der Waals surface area contributed by atoms with Crippen LogP contribution in [0.25, 0.3) is 0 Å². The summed E-state index contributed by atoms with van der Waals surface area (Å²) in [6.45, 7) is 5.70. The van der Waals surface area contributed by atoms with Crippen LogP contribution in [0.3, 0.4) is 0 Å². The molecule has 1 aromatic carbocycles. The van der Waals surface area contributed by atoms with Gasteiger partial charge in [-0.15, -0.1) is 0 Å². The fourth-order valence-electron chi connectivity index (χ4n) is 3.42. The number of fused-ring (bicyclic) bond motifs is 1. The smallest absolute Gasteiger partial charge is 0.306 e. The van der Waals surface area contributed by atoms with Crippen LogP contribution in [0, 0.1) is 17.8 Å². The van der Waals surface area contributed by atoms with E-state index in [0.717, 1.165) is 31.5 Å². The molecule has 0 radical (unpaired) electrons. The maximum Gasteiger partial charge on any atom is 0.306 e. The predicted molar refractivity (Wildman–Crippen MR) is 73.4 cm³/mol. The molecule has 0 amide bonds. The first kappa shape index (κ1) is 12.7. The molecule has 1 saturated carbocycles. The molecule has 3 heteroatoms. The van der Waals surface area contributed by atoms with Gasteiger partial charge in [-0.3, -0.25) is 9.69 Å². The van der Waals surface area contributed by atoms with Crippen LogP contribution in [0.2, 0.25) is 0 Å². The van der Waals surface area contributed by atoms with Gasteiger partial charge >= 0.3 is 5.97 Å².